The molecule has 1 aromatic heterocycles. The van der Waals surface area contributed by atoms with E-state index in [1.165, 1.54) is 4.90 Å². The highest BCUT2D eigenvalue weighted by molar-refractivity contribution is 5.92. The Kier molecular flexibility index (Phi) is 6.84. The molecule has 0 aliphatic carbocycles. The second-order valence-corrected chi connectivity index (χ2v) is 3.97. The van der Waals surface area contributed by atoms with Crippen molar-refractivity contribution in [3.05, 3.63) is 24.0 Å². The number of aliphatic hydroxyl groups excluding tert-OH is 1. The van der Waals surface area contributed by atoms with Crippen LogP contribution >= 0.6 is 0 Å². The first kappa shape index (κ1) is 15.4. The summed E-state index contributed by atoms with van der Waals surface area (Å²) in [4.78, 5) is 17.8. The fourth-order valence-electron chi connectivity index (χ4n) is 1.63. The summed E-state index contributed by atoms with van der Waals surface area (Å²) >= 11 is 0. The largest absolute Gasteiger partial charge is 0.395 e. The number of anilines is 1. The average molecular weight is 267 g/mol. The van der Waals surface area contributed by atoms with Crippen LogP contribution in [0.25, 0.3) is 0 Å². The van der Waals surface area contributed by atoms with Crippen molar-refractivity contribution in [3.63, 3.8) is 0 Å². The van der Waals surface area contributed by atoms with Crippen LogP contribution in [0.1, 0.15) is 17.4 Å². The van der Waals surface area contributed by atoms with Crippen molar-refractivity contribution >= 4 is 11.6 Å². The summed E-state index contributed by atoms with van der Waals surface area (Å²) in [6, 6.07) is 3.49. The number of methoxy groups -OCH3 is 1. The summed E-state index contributed by atoms with van der Waals surface area (Å²) in [7, 11) is 1.57. The third-order valence-corrected chi connectivity index (χ3v) is 2.59. The normalized spacial score (nSPS) is 10.3. The van der Waals surface area contributed by atoms with Crippen molar-refractivity contribution in [2.75, 3.05) is 45.3 Å². The Morgan fingerprint density at radius 1 is 1.47 bits per heavy atom. The molecule has 2 N–H and O–H groups in total. The Labute approximate surface area is 113 Å². The van der Waals surface area contributed by atoms with E-state index in [0.29, 0.717) is 18.8 Å². The first-order valence-corrected chi connectivity index (χ1v) is 6.32. The fourth-order valence-corrected chi connectivity index (χ4v) is 1.63. The Morgan fingerprint density at radius 2 is 2.26 bits per heavy atom. The molecule has 0 saturated carbocycles. The van der Waals surface area contributed by atoms with Crippen molar-refractivity contribution in [2.45, 2.75) is 6.92 Å². The van der Waals surface area contributed by atoms with Crippen LogP contribution in [0, 0.1) is 0 Å². The molecule has 1 amide bonds. The average Bonchev–Trinajstić information content (AvgIpc) is 2.44. The van der Waals surface area contributed by atoms with E-state index in [9.17, 15) is 4.79 Å². The molecule has 0 bridgehead atoms. The van der Waals surface area contributed by atoms with E-state index < -0.39 is 0 Å². The smallest absolute Gasteiger partial charge is 0.272 e. The van der Waals surface area contributed by atoms with Crippen molar-refractivity contribution in [1.82, 2.24) is 9.88 Å². The van der Waals surface area contributed by atoms with Gasteiger partial charge in [-0.3, -0.25) is 4.79 Å². The molecular weight excluding hydrogens is 246 g/mol. The molecule has 106 valence electrons. The number of carbonyl (C=O) groups excluding carboxylic acids is 1. The second kappa shape index (κ2) is 8.44. The van der Waals surface area contributed by atoms with Crippen molar-refractivity contribution in [3.8, 4) is 0 Å². The van der Waals surface area contributed by atoms with Crippen molar-refractivity contribution in [1.29, 1.82) is 0 Å². The molecule has 0 radical (unpaired) electrons. The number of hydrogen-bond acceptors (Lipinski definition) is 5. The Morgan fingerprint density at radius 3 is 2.79 bits per heavy atom. The number of rotatable bonds is 8. The zero-order valence-corrected chi connectivity index (χ0v) is 11.4. The summed E-state index contributed by atoms with van der Waals surface area (Å²) < 4.78 is 4.95. The first-order valence-electron chi connectivity index (χ1n) is 6.32. The van der Waals surface area contributed by atoms with Gasteiger partial charge in [0.2, 0.25) is 0 Å². The van der Waals surface area contributed by atoms with E-state index in [1.54, 1.807) is 19.4 Å². The van der Waals surface area contributed by atoms with Crippen LogP contribution in [-0.4, -0.2) is 60.9 Å². The minimum absolute atomic E-state index is 0.0784. The summed E-state index contributed by atoms with van der Waals surface area (Å²) in [6.07, 6.45) is 1.63. The van der Waals surface area contributed by atoms with Gasteiger partial charge in [-0.1, -0.05) is 0 Å². The number of ether oxygens (including phenoxy) is 1. The lowest BCUT2D eigenvalue weighted by atomic mass is 10.3. The van der Waals surface area contributed by atoms with Crippen LogP contribution in [0.4, 0.5) is 5.69 Å². The Hall–Kier alpha value is -1.66. The molecule has 6 nitrogen and oxygen atoms in total. The third-order valence-electron chi connectivity index (χ3n) is 2.59. The van der Waals surface area contributed by atoms with Gasteiger partial charge in [-0.15, -0.1) is 0 Å². The predicted octanol–water partition coefficient (Wildman–Crippen LogP) is 0.594. The number of aliphatic hydroxyl groups is 1. The summed E-state index contributed by atoms with van der Waals surface area (Å²) in [6.45, 7) is 3.86. The maximum atomic E-state index is 12.2. The monoisotopic (exact) mass is 267 g/mol. The van der Waals surface area contributed by atoms with E-state index in [0.717, 1.165) is 12.2 Å². The number of pyridine rings is 1. The Bertz CT molecular complexity index is 381. The molecule has 1 aromatic rings. The van der Waals surface area contributed by atoms with Gasteiger partial charge in [0, 0.05) is 26.7 Å². The number of aromatic nitrogens is 1. The Balaban J connectivity index is 2.71. The van der Waals surface area contributed by atoms with Crippen LogP contribution in [-0.2, 0) is 4.74 Å². The highest BCUT2D eigenvalue weighted by Crippen LogP contribution is 2.08. The van der Waals surface area contributed by atoms with Gasteiger partial charge >= 0.3 is 0 Å². The molecule has 0 aliphatic rings. The molecular formula is C13H21N3O3. The maximum Gasteiger partial charge on any atom is 0.272 e. The molecule has 0 unspecified atom stereocenters. The third kappa shape index (κ3) is 4.84. The topological polar surface area (TPSA) is 74.7 Å². The van der Waals surface area contributed by atoms with Gasteiger partial charge in [0.05, 0.1) is 25.1 Å². The van der Waals surface area contributed by atoms with E-state index in [4.69, 9.17) is 9.84 Å². The number of nitrogens with one attached hydrogen (secondary N) is 1. The number of nitrogens with zero attached hydrogens (tertiary/aromatic N) is 2. The van der Waals surface area contributed by atoms with Crippen LogP contribution in [0.3, 0.4) is 0 Å². The first-order chi connectivity index (χ1) is 9.22. The van der Waals surface area contributed by atoms with Gasteiger partial charge in [0.1, 0.15) is 5.69 Å². The maximum absolute atomic E-state index is 12.2. The van der Waals surface area contributed by atoms with Gasteiger partial charge < -0.3 is 20.1 Å². The zero-order chi connectivity index (χ0) is 14.1. The molecule has 0 atom stereocenters. The summed E-state index contributed by atoms with van der Waals surface area (Å²) in [5, 5.41) is 12.1. The predicted molar refractivity (Wildman–Crippen MR) is 73.3 cm³/mol. The summed E-state index contributed by atoms with van der Waals surface area (Å²) in [5.74, 6) is -0.200. The molecule has 1 rings (SSSR count). The van der Waals surface area contributed by atoms with E-state index in [2.05, 4.69) is 10.3 Å². The fraction of sp³-hybridized carbons (Fsp3) is 0.538. The molecule has 0 fully saturated rings. The van der Waals surface area contributed by atoms with Gasteiger partial charge in [0.15, 0.2) is 0 Å². The quantitative estimate of drug-likeness (QED) is 0.721. The van der Waals surface area contributed by atoms with Crippen molar-refractivity contribution < 1.29 is 14.6 Å². The van der Waals surface area contributed by atoms with Gasteiger partial charge in [-0.2, -0.15) is 0 Å². The molecule has 6 heteroatoms. The lowest BCUT2D eigenvalue weighted by molar-refractivity contribution is 0.0651. The molecule has 0 spiro atoms. The summed E-state index contributed by atoms with van der Waals surface area (Å²) in [5.41, 5.74) is 1.25. The molecule has 0 saturated heterocycles. The SMILES string of the molecule is CCNc1ccc(C(=O)N(CCO)CCOC)nc1. The minimum atomic E-state index is -0.200. The number of amides is 1. The van der Waals surface area contributed by atoms with Gasteiger partial charge in [-0.25, -0.2) is 4.98 Å². The van der Waals surface area contributed by atoms with Crippen LogP contribution in [0.2, 0.25) is 0 Å². The van der Waals surface area contributed by atoms with Crippen molar-refractivity contribution in [2.24, 2.45) is 0 Å². The molecule has 0 aliphatic heterocycles. The molecule has 19 heavy (non-hydrogen) atoms. The van der Waals surface area contributed by atoms with Crippen LogP contribution in [0.15, 0.2) is 18.3 Å². The standard InChI is InChI=1S/C13H21N3O3/c1-3-14-11-4-5-12(15-10-11)13(18)16(6-8-17)7-9-19-2/h4-5,10,14,17H,3,6-9H2,1-2H3. The van der Waals surface area contributed by atoms with E-state index >= 15 is 0 Å². The minimum Gasteiger partial charge on any atom is -0.395 e. The number of hydrogen-bond donors (Lipinski definition) is 2. The zero-order valence-electron chi connectivity index (χ0n) is 11.4. The lowest BCUT2D eigenvalue weighted by Gasteiger charge is -2.20. The van der Waals surface area contributed by atoms with Crippen LogP contribution < -0.4 is 5.32 Å². The van der Waals surface area contributed by atoms with E-state index in [-0.39, 0.29) is 19.1 Å². The van der Waals surface area contributed by atoms with Crippen LogP contribution in [0.5, 0.6) is 0 Å². The molecule has 0 aromatic carbocycles. The molecule has 1 heterocycles. The second-order valence-electron chi connectivity index (χ2n) is 3.97. The van der Waals surface area contributed by atoms with E-state index in [1.807, 2.05) is 13.0 Å². The highest BCUT2D eigenvalue weighted by Gasteiger charge is 2.16. The highest BCUT2D eigenvalue weighted by atomic mass is 16.5. The van der Waals surface area contributed by atoms with Gasteiger partial charge in [-0.05, 0) is 19.1 Å². The lowest BCUT2D eigenvalue weighted by Crippen LogP contribution is -2.36. The number of carbonyl (C=O) groups is 1. The van der Waals surface area contributed by atoms with Gasteiger partial charge in [0.25, 0.3) is 5.91 Å².